The molecule has 21 heavy (non-hydrogen) atoms. The van der Waals surface area contributed by atoms with Crippen molar-refractivity contribution in [2.45, 2.75) is 32.9 Å². The highest BCUT2D eigenvalue weighted by Gasteiger charge is 2.36. The first-order chi connectivity index (χ1) is 10.1. The van der Waals surface area contributed by atoms with Gasteiger partial charge in [0, 0.05) is 12.6 Å². The molecule has 1 N–H and O–H groups in total. The Balaban J connectivity index is 1.76. The van der Waals surface area contributed by atoms with Crippen LogP contribution < -0.4 is 0 Å². The molecule has 5 nitrogen and oxygen atoms in total. The van der Waals surface area contributed by atoms with E-state index in [2.05, 4.69) is 9.88 Å². The number of hydrogen-bond donors (Lipinski definition) is 1. The predicted molar refractivity (Wildman–Crippen MR) is 80.2 cm³/mol. The van der Waals surface area contributed by atoms with E-state index >= 15 is 0 Å². The number of carboxylic acids is 1. The molecule has 2 atom stereocenters. The molecule has 0 spiro atoms. The van der Waals surface area contributed by atoms with Crippen LogP contribution in [0.3, 0.4) is 0 Å². The number of nitrogens with zero attached hydrogens (tertiary/aromatic N) is 2. The lowest BCUT2D eigenvalue weighted by molar-refractivity contribution is -0.142. The Bertz CT molecular complexity index is 635. The molecule has 0 amide bonds. The maximum atomic E-state index is 11.2. The fourth-order valence-corrected chi connectivity index (χ4v) is 3.48. The standard InChI is InChI=1S/C15H18N2O3S/c1-9-11(15(18)19)5-6-17(9)8-12-10(2)20-14(16-12)13-4-3-7-21-13/h3-4,7,9,11H,5-6,8H2,1-2H3,(H,18,19). The molecule has 0 aliphatic carbocycles. The molecule has 0 radical (unpaired) electrons. The third-order valence-electron chi connectivity index (χ3n) is 4.18. The Hall–Kier alpha value is -1.66. The molecule has 1 aliphatic rings. The van der Waals surface area contributed by atoms with Gasteiger partial charge in [0.15, 0.2) is 0 Å². The van der Waals surface area contributed by atoms with Crippen LogP contribution in [0, 0.1) is 12.8 Å². The van der Waals surface area contributed by atoms with E-state index in [0.717, 1.165) is 22.9 Å². The summed E-state index contributed by atoms with van der Waals surface area (Å²) in [4.78, 5) is 18.9. The SMILES string of the molecule is Cc1oc(-c2cccs2)nc1CN1CCC(C(=O)O)C1C. The van der Waals surface area contributed by atoms with E-state index in [0.29, 0.717) is 18.9 Å². The summed E-state index contributed by atoms with van der Waals surface area (Å²) in [5.74, 6) is 0.471. The molecule has 0 aromatic carbocycles. The van der Waals surface area contributed by atoms with Crippen molar-refractivity contribution in [1.29, 1.82) is 0 Å². The van der Waals surface area contributed by atoms with Crippen molar-refractivity contribution in [3.8, 4) is 10.8 Å². The van der Waals surface area contributed by atoms with E-state index in [4.69, 9.17) is 4.42 Å². The summed E-state index contributed by atoms with van der Waals surface area (Å²) in [6.07, 6.45) is 0.700. The van der Waals surface area contributed by atoms with Crippen LogP contribution in [0.1, 0.15) is 24.8 Å². The number of likely N-dealkylation sites (tertiary alicyclic amines) is 1. The summed E-state index contributed by atoms with van der Waals surface area (Å²) in [7, 11) is 0. The van der Waals surface area contributed by atoms with Gasteiger partial charge in [0.05, 0.1) is 16.5 Å². The predicted octanol–water partition coefficient (Wildman–Crippen LogP) is 3.01. The molecule has 1 aliphatic heterocycles. The van der Waals surface area contributed by atoms with Crippen LogP contribution in [0.4, 0.5) is 0 Å². The minimum Gasteiger partial charge on any atom is -0.481 e. The molecular weight excluding hydrogens is 288 g/mol. The van der Waals surface area contributed by atoms with Crippen LogP contribution in [-0.4, -0.2) is 33.5 Å². The zero-order chi connectivity index (χ0) is 15.0. The van der Waals surface area contributed by atoms with E-state index in [1.54, 1.807) is 11.3 Å². The molecule has 2 aromatic rings. The van der Waals surface area contributed by atoms with Crippen molar-refractivity contribution >= 4 is 17.3 Å². The third kappa shape index (κ3) is 2.73. The van der Waals surface area contributed by atoms with Crippen molar-refractivity contribution in [2.75, 3.05) is 6.54 Å². The largest absolute Gasteiger partial charge is 0.481 e. The van der Waals surface area contributed by atoms with E-state index in [1.807, 2.05) is 31.4 Å². The van der Waals surface area contributed by atoms with Crippen LogP contribution >= 0.6 is 11.3 Å². The van der Waals surface area contributed by atoms with Crippen molar-refractivity contribution in [2.24, 2.45) is 5.92 Å². The Morgan fingerprint density at radius 1 is 1.62 bits per heavy atom. The fraction of sp³-hybridized carbons (Fsp3) is 0.467. The normalized spacial score (nSPS) is 22.8. The molecule has 0 saturated carbocycles. The summed E-state index contributed by atoms with van der Waals surface area (Å²) in [6, 6.07) is 3.99. The highest BCUT2D eigenvalue weighted by atomic mass is 32.1. The second-order valence-electron chi connectivity index (χ2n) is 5.44. The minimum atomic E-state index is -0.707. The molecule has 3 rings (SSSR count). The molecule has 0 bridgehead atoms. The van der Waals surface area contributed by atoms with Gasteiger partial charge < -0.3 is 9.52 Å². The third-order valence-corrected chi connectivity index (χ3v) is 5.04. The van der Waals surface area contributed by atoms with Gasteiger partial charge in [0.25, 0.3) is 0 Å². The van der Waals surface area contributed by atoms with Crippen LogP contribution in [0.5, 0.6) is 0 Å². The van der Waals surface area contributed by atoms with Gasteiger partial charge >= 0.3 is 5.97 Å². The van der Waals surface area contributed by atoms with E-state index < -0.39 is 5.97 Å². The van der Waals surface area contributed by atoms with Crippen molar-refractivity contribution < 1.29 is 14.3 Å². The molecule has 112 valence electrons. The van der Waals surface area contributed by atoms with Crippen LogP contribution in [0.25, 0.3) is 10.8 Å². The summed E-state index contributed by atoms with van der Waals surface area (Å²) in [5.41, 5.74) is 0.899. The molecule has 2 unspecified atom stereocenters. The first kappa shape index (κ1) is 14.3. The number of aromatic nitrogens is 1. The average molecular weight is 306 g/mol. The van der Waals surface area contributed by atoms with Gasteiger partial charge in [-0.2, -0.15) is 0 Å². The average Bonchev–Trinajstić information content (AvgIpc) is 3.12. The number of carbonyl (C=O) groups is 1. The Labute approximate surface area is 127 Å². The van der Waals surface area contributed by atoms with Gasteiger partial charge in [-0.25, -0.2) is 4.98 Å². The molecular formula is C15H18N2O3S. The monoisotopic (exact) mass is 306 g/mol. The summed E-state index contributed by atoms with van der Waals surface area (Å²) in [5, 5.41) is 11.2. The Kier molecular flexibility index (Phi) is 3.82. The fourth-order valence-electron chi connectivity index (χ4n) is 2.83. The maximum Gasteiger partial charge on any atom is 0.308 e. The molecule has 1 saturated heterocycles. The lowest BCUT2D eigenvalue weighted by Crippen LogP contribution is -2.32. The highest BCUT2D eigenvalue weighted by Crippen LogP contribution is 2.29. The van der Waals surface area contributed by atoms with Crippen molar-refractivity contribution in [3.63, 3.8) is 0 Å². The molecule has 2 aromatic heterocycles. The van der Waals surface area contributed by atoms with E-state index in [1.165, 1.54) is 0 Å². The van der Waals surface area contributed by atoms with Gasteiger partial charge in [-0.05, 0) is 38.3 Å². The lowest BCUT2D eigenvalue weighted by Gasteiger charge is -2.21. The van der Waals surface area contributed by atoms with E-state index in [9.17, 15) is 9.90 Å². The number of aryl methyl sites for hydroxylation is 1. The second kappa shape index (κ2) is 5.61. The zero-order valence-electron chi connectivity index (χ0n) is 12.1. The van der Waals surface area contributed by atoms with Gasteiger partial charge in [-0.3, -0.25) is 9.69 Å². The smallest absolute Gasteiger partial charge is 0.308 e. The van der Waals surface area contributed by atoms with Crippen LogP contribution in [0.2, 0.25) is 0 Å². The number of hydrogen-bond acceptors (Lipinski definition) is 5. The summed E-state index contributed by atoms with van der Waals surface area (Å²) < 4.78 is 5.74. The molecule has 3 heterocycles. The number of thiophene rings is 1. The van der Waals surface area contributed by atoms with Gasteiger partial charge in [-0.15, -0.1) is 11.3 Å². The molecule has 1 fully saturated rings. The first-order valence-corrected chi connectivity index (χ1v) is 7.91. The van der Waals surface area contributed by atoms with Gasteiger partial charge in [0.2, 0.25) is 5.89 Å². The van der Waals surface area contributed by atoms with Crippen molar-refractivity contribution in [1.82, 2.24) is 9.88 Å². The number of oxazole rings is 1. The highest BCUT2D eigenvalue weighted by molar-refractivity contribution is 7.13. The summed E-state index contributed by atoms with van der Waals surface area (Å²) in [6.45, 7) is 5.32. The van der Waals surface area contributed by atoms with Gasteiger partial charge in [0.1, 0.15) is 5.76 Å². The van der Waals surface area contributed by atoms with Crippen LogP contribution in [0.15, 0.2) is 21.9 Å². The number of rotatable bonds is 4. The Morgan fingerprint density at radius 2 is 2.43 bits per heavy atom. The lowest BCUT2D eigenvalue weighted by atomic mass is 10.0. The minimum absolute atomic E-state index is 0.0313. The second-order valence-corrected chi connectivity index (χ2v) is 6.39. The van der Waals surface area contributed by atoms with E-state index in [-0.39, 0.29) is 12.0 Å². The number of carboxylic acid groups (broad SMARTS) is 1. The van der Waals surface area contributed by atoms with Crippen LogP contribution in [-0.2, 0) is 11.3 Å². The first-order valence-electron chi connectivity index (χ1n) is 7.03. The Morgan fingerprint density at radius 3 is 3.05 bits per heavy atom. The number of aliphatic carboxylic acids is 1. The maximum absolute atomic E-state index is 11.2. The quantitative estimate of drug-likeness (QED) is 0.940. The summed E-state index contributed by atoms with van der Waals surface area (Å²) >= 11 is 1.60. The van der Waals surface area contributed by atoms with Crippen molar-refractivity contribution in [3.05, 3.63) is 29.0 Å². The topological polar surface area (TPSA) is 66.6 Å². The molecule has 6 heteroatoms. The zero-order valence-corrected chi connectivity index (χ0v) is 12.9. The van der Waals surface area contributed by atoms with Gasteiger partial charge in [-0.1, -0.05) is 6.07 Å².